The van der Waals surface area contributed by atoms with Gasteiger partial charge >= 0.3 is 5.97 Å². The Bertz CT molecular complexity index is 909. The molecule has 0 spiro atoms. The number of rotatable bonds is 51. The second-order valence-electron chi connectivity index (χ2n) is 18.9. The van der Waals surface area contributed by atoms with Gasteiger partial charge in [-0.15, -0.1) is 0 Å². The quantitative estimate of drug-likeness (QED) is 0.0322. The first-order chi connectivity index (χ1) is 30.0. The fraction of sp³-hybridized carbons (Fsp3) is 0.927. The van der Waals surface area contributed by atoms with Gasteiger partial charge in [-0.25, -0.2) is 0 Å². The van der Waals surface area contributed by atoms with E-state index in [2.05, 4.69) is 31.3 Å². The molecular weight excluding hydrogens is 755 g/mol. The Balaban J connectivity index is 3.40. The van der Waals surface area contributed by atoms with Crippen LogP contribution in [0.3, 0.4) is 0 Å². The molecule has 0 aromatic carbocycles. The first-order valence-electron chi connectivity index (χ1n) is 27.4. The van der Waals surface area contributed by atoms with E-state index < -0.39 is 12.1 Å². The summed E-state index contributed by atoms with van der Waals surface area (Å²) in [4.78, 5) is 24.5. The van der Waals surface area contributed by atoms with Gasteiger partial charge in [0.25, 0.3) is 0 Å². The average Bonchev–Trinajstić information content (AvgIpc) is 3.26. The smallest absolute Gasteiger partial charge is 0.305 e. The van der Waals surface area contributed by atoms with Crippen LogP contribution in [-0.4, -0.2) is 47.4 Å². The van der Waals surface area contributed by atoms with Crippen LogP contribution in [0.1, 0.15) is 303 Å². The largest absolute Gasteiger partial charge is 0.466 e. The van der Waals surface area contributed by atoms with Gasteiger partial charge in [-0.3, -0.25) is 9.59 Å². The van der Waals surface area contributed by atoms with Crippen LogP contribution in [0.15, 0.2) is 12.2 Å². The Labute approximate surface area is 380 Å². The normalized spacial score (nSPS) is 12.7. The molecule has 0 aromatic heterocycles. The highest BCUT2D eigenvalue weighted by Crippen LogP contribution is 2.17. The number of carbonyl (C=O) groups excluding carboxylic acids is 2. The molecule has 0 aliphatic heterocycles. The number of carbonyl (C=O) groups is 2. The molecule has 0 radical (unpaired) electrons. The van der Waals surface area contributed by atoms with E-state index in [0.717, 1.165) is 44.9 Å². The molecule has 0 aromatic rings. The maximum atomic E-state index is 12.4. The molecule has 362 valence electrons. The number of nitrogens with one attached hydrogen (secondary N) is 1. The van der Waals surface area contributed by atoms with Gasteiger partial charge in [0.15, 0.2) is 0 Å². The lowest BCUT2D eigenvalue weighted by Gasteiger charge is -2.22. The summed E-state index contributed by atoms with van der Waals surface area (Å²) in [5.74, 6) is -0.0400. The number of unbranched alkanes of at least 4 members (excludes halogenated alkanes) is 38. The van der Waals surface area contributed by atoms with Crippen LogP contribution >= 0.6 is 0 Å². The van der Waals surface area contributed by atoms with E-state index in [0.29, 0.717) is 25.9 Å². The Kier molecular flexibility index (Phi) is 50.1. The molecule has 0 bridgehead atoms. The third-order valence-corrected chi connectivity index (χ3v) is 12.8. The molecule has 0 heterocycles. The van der Waals surface area contributed by atoms with Crippen molar-refractivity contribution in [2.45, 2.75) is 315 Å². The van der Waals surface area contributed by atoms with Gasteiger partial charge in [-0.1, -0.05) is 251 Å². The Morgan fingerprint density at radius 2 is 0.770 bits per heavy atom. The van der Waals surface area contributed by atoms with Crippen LogP contribution in [0.5, 0.6) is 0 Å². The van der Waals surface area contributed by atoms with E-state index in [-0.39, 0.29) is 18.5 Å². The van der Waals surface area contributed by atoms with Crippen molar-refractivity contribution in [3.05, 3.63) is 12.2 Å². The summed E-state index contributed by atoms with van der Waals surface area (Å²) < 4.78 is 5.46. The van der Waals surface area contributed by atoms with Crippen molar-refractivity contribution in [2.75, 3.05) is 13.2 Å². The van der Waals surface area contributed by atoms with Crippen LogP contribution in [0.4, 0.5) is 0 Å². The van der Waals surface area contributed by atoms with Crippen molar-refractivity contribution >= 4 is 11.9 Å². The number of ether oxygens (including phenoxy) is 1. The Hall–Kier alpha value is -1.40. The molecule has 0 aliphatic rings. The van der Waals surface area contributed by atoms with Crippen molar-refractivity contribution in [1.82, 2.24) is 5.32 Å². The van der Waals surface area contributed by atoms with E-state index in [1.165, 1.54) is 225 Å². The van der Waals surface area contributed by atoms with E-state index in [4.69, 9.17) is 4.74 Å². The van der Waals surface area contributed by atoms with Crippen LogP contribution in [0.25, 0.3) is 0 Å². The summed E-state index contributed by atoms with van der Waals surface area (Å²) in [7, 11) is 0. The van der Waals surface area contributed by atoms with E-state index in [1.807, 2.05) is 0 Å². The molecule has 61 heavy (non-hydrogen) atoms. The minimum Gasteiger partial charge on any atom is -0.466 e. The zero-order valence-electron chi connectivity index (χ0n) is 41.2. The van der Waals surface area contributed by atoms with E-state index in [9.17, 15) is 19.8 Å². The number of hydrogen-bond donors (Lipinski definition) is 3. The molecule has 2 atom stereocenters. The number of hydrogen-bond acceptors (Lipinski definition) is 5. The lowest BCUT2D eigenvalue weighted by Crippen LogP contribution is -2.45. The molecule has 0 saturated carbocycles. The minimum atomic E-state index is -0.665. The van der Waals surface area contributed by atoms with Gasteiger partial charge in [0.05, 0.1) is 25.4 Å². The van der Waals surface area contributed by atoms with Gasteiger partial charge in [-0.2, -0.15) is 0 Å². The van der Waals surface area contributed by atoms with Gasteiger partial charge in [0.1, 0.15) is 0 Å². The number of aliphatic hydroxyl groups excluding tert-OH is 2. The fourth-order valence-electron chi connectivity index (χ4n) is 8.58. The Morgan fingerprint density at radius 1 is 0.443 bits per heavy atom. The van der Waals surface area contributed by atoms with Crippen LogP contribution in [-0.2, 0) is 14.3 Å². The highest BCUT2D eigenvalue weighted by molar-refractivity contribution is 5.76. The second-order valence-corrected chi connectivity index (χ2v) is 18.9. The van der Waals surface area contributed by atoms with Crippen molar-refractivity contribution in [3.8, 4) is 0 Å². The number of amides is 1. The van der Waals surface area contributed by atoms with Gasteiger partial charge in [0.2, 0.25) is 5.91 Å². The molecule has 0 aliphatic carbocycles. The molecule has 6 nitrogen and oxygen atoms in total. The highest BCUT2D eigenvalue weighted by Gasteiger charge is 2.20. The fourth-order valence-corrected chi connectivity index (χ4v) is 8.58. The van der Waals surface area contributed by atoms with Crippen molar-refractivity contribution in [1.29, 1.82) is 0 Å². The van der Waals surface area contributed by atoms with Gasteiger partial charge < -0.3 is 20.3 Å². The summed E-state index contributed by atoms with van der Waals surface area (Å²) in [5.41, 5.74) is 0. The summed E-state index contributed by atoms with van der Waals surface area (Å²) >= 11 is 0. The molecule has 3 N–H and O–H groups in total. The van der Waals surface area contributed by atoms with Crippen LogP contribution in [0.2, 0.25) is 0 Å². The average molecular weight is 862 g/mol. The number of allylic oxidation sites excluding steroid dienone is 2. The van der Waals surface area contributed by atoms with Crippen molar-refractivity contribution in [2.24, 2.45) is 0 Å². The molecule has 0 fully saturated rings. The third kappa shape index (κ3) is 47.9. The van der Waals surface area contributed by atoms with Crippen LogP contribution < -0.4 is 5.32 Å². The van der Waals surface area contributed by atoms with E-state index >= 15 is 0 Å². The highest BCUT2D eigenvalue weighted by atomic mass is 16.5. The molecule has 0 saturated heterocycles. The van der Waals surface area contributed by atoms with Crippen molar-refractivity contribution in [3.63, 3.8) is 0 Å². The maximum absolute atomic E-state index is 12.4. The predicted octanol–water partition coefficient (Wildman–Crippen LogP) is 16.5. The summed E-state index contributed by atoms with van der Waals surface area (Å²) in [6.45, 7) is 4.93. The number of esters is 1. The standard InChI is InChI=1S/C55H107NO5/c1-3-5-7-9-11-13-15-23-27-31-35-39-43-47-53(58)52(51-57)56-54(59)48-44-40-36-32-28-25-21-19-17-18-20-22-26-30-34-38-42-46-50-61-55(60)49-45-41-37-33-29-24-16-14-12-10-8-6-4-2/h14,16,52-53,57-58H,3-13,15,17-51H2,1-2H3,(H,56,59)/b16-14-. The topological polar surface area (TPSA) is 95.9 Å². The monoisotopic (exact) mass is 862 g/mol. The first-order valence-corrected chi connectivity index (χ1v) is 27.4. The molecular formula is C55H107NO5. The van der Waals surface area contributed by atoms with Gasteiger partial charge in [0, 0.05) is 12.8 Å². The lowest BCUT2D eigenvalue weighted by molar-refractivity contribution is -0.143. The predicted molar refractivity (Wildman–Crippen MR) is 264 cm³/mol. The maximum Gasteiger partial charge on any atom is 0.305 e. The minimum absolute atomic E-state index is 0.00166. The van der Waals surface area contributed by atoms with Crippen molar-refractivity contribution < 1.29 is 24.5 Å². The van der Waals surface area contributed by atoms with Gasteiger partial charge in [-0.05, 0) is 51.4 Å². The third-order valence-electron chi connectivity index (χ3n) is 12.8. The van der Waals surface area contributed by atoms with E-state index in [1.54, 1.807) is 0 Å². The second kappa shape index (κ2) is 51.2. The zero-order valence-corrected chi connectivity index (χ0v) is 41.2. The molecule has 1 amide bonds. The SMILES string of the molecule is CCCCCC/C=C\CCCCCCCC(=O)OCCCCCCCCCCCCCCCCCCCCC(=O)NC(CO)C(O)CCCCCCCCCCCCCCC. The molecule has 6 heteroatoms. The summed E-state index contributed by atoms with van der Waals surface area (Å²) in [6, 6.07) is -0.543. The zero-order chi connectivity index (χ0) is 44.4. The molecule has 0 rings (SSSR count). The number of aliphatic hydroxyl groups is 2. The lowest BCUT2D eigenvalue weighted by atomic mass is 10.0. The Morgan fingerprint density at radius 3 is 1.18 bits per heavy atom. The van der Waals surface area contributed by atoms with Crippen LogP contribution in [0, 0.1) is 0 Å². The first kappa shape index (κ1) is 59.6. The summed E-state index contributed by atoms with van der Waals surface area (Å²) in [5, 5.41) is 23.2. The molecule has 2 unspecified atom stereocenters. The summed E-state index contributed by atoms with van der Waals surface area (Å²) in [6.07, 6.45) is 59.0.